The molecule has 6 nitrogen and oxygen atoms in total. The molecule has 0 atom stereocenters. The molecule has 0 aliphatic rings. The van der Waals surface area contributed by atoms with Crippen LogP contribution in [-0.2, 0) is 0 Å². The third kappa shape index (κ3) is 3.58. The van der Waals surface area contributed by atoms with E-state index in [2.05, 4.69) is 4.98 Å². The van der Waals surface area contributed by atoms with Crippen LogP contribution in [0.15, 0.2) is 47.5 Å². The van der Waals surface area contributed by atoms with E-state index in [4.69, 9.17) is 9.47 Å². The highest BCUT2D eigenvalue weighted by Gasteiger charge is 2.18. The van der Waals surface area contributed by atoms with Crippen LogP contribution in [0.4, 0.5) is 0 Å². The standard InChI is InChI=1S/C21H21N3O3/c1-4-26-18-11-15(16-10-14(3)23-21(25)17(16)13-22)12-19(27-5-2)20(18)24-8-6-7-9-24/h6-12H,4-5H2,1-3H3,(H,23,25). The van der Waals surface area contributed by atoms with E-state index in [1.165, 1.54) is 0 Å². The van der Waals surface area contributed by atoms with Crippen LogP contribution in [0, 0.1) is 18.3 Å². The molecule has 27 heavy (non-hydrogen) atoms. The van der Waals surface area contributed by atoms with E-state index in [0.29, 0.717) is 41.5 Å². The number of aryl methyl sites for hydroxylation is 1. The van der Waals surface area contributed by atoms with Gasteiger partial charge < -0.3 is 19.0 Å². The summed E-state index contributed by atoms with van der Waals surface area (Å²) >= 11 is 0. The molecule has 0 saturated carbocycles. The molecule has 0 radical (unpaired) electrons. The average Bonchev–Trinajstić information content (AvgIpc) is 3.15. The number of ether oxygens (including phenoxy) is 2. The number of nitriles is 1. The fourth-order valence-corrected chi connectivity index (χ4v) is 3.03. The monoisotopic (exact) mass is 363 g/mol. The van der Waals surface area contributed by atoms with E-state index in [1.54, 1.807) is 13.0 Å². The number of benzene rings is 1. The lowest BCUT2D eigenvalue weighted by Crippen LogP contribution is -2.13. The zero-order valence-corrected chi connectivity index (χ0v) is 15.6. The van der Waals surface area contributed by atoms with Crippen molar-refractivity contribution in [2.75, 3.05) is 13.2 Å². The van der Waals surface area contributed by atoms with Crippen molar-refractivity contribution in [3.63, 3.8) is 0 Å². The van der Waals surface area contributed by atoms with E-state index in [-0.39, 0.29) is 5.56 Å². The maximum Gasteiger partial charge on any atom is 0.266 e. The summed E-state index contributed by atoms with van der Waals surface area (Å²) in [6.07, 6.45) is 3.83. The second-order valence-electron chi connectivity index (χ2n) is 5.96. The summed E-state index contributed by atoms with van der Waals surface area (Å²) in [5.74, 6) is 1.24. The summed E-state index contributed by atoms with van der Waals surface area (Å²) in [6, 6.07) is 11.3. The fourth-order valence-electron chi connectivity index (χ4n) is 3.03. The van der Waals surface area contributed by atoms with Gasteiger partial charge in [-0.25, -0.2) is 0 Å². The number of hydrogen-bond donors (Lipinski definition) is 1. The van der Waals surface area contributed by atoms with Crippen molar-refractivity contribution in [2.24, 2.45) is 0 Å². The van der Waals surface area contributed by atoms with E-state index in [9.17, 15) is 10.1 Å². The number of aromatic amines is 1. The van der Waals surface area contributed by atoms with Gasteiger partial charge in [-0.05, 0) is 56.7 Å². The van der Waals surface area contributed by atoms with Crippen LogP contribution in [0.5, 0.6) is 11.5 Å². The van der Waals surface area contributed by atoms with Gasteiger partial charge in [0.25, 0.3) is 5.56 Å². The first-order chi connectivity index (χ1) is 13.1. The normalized spacial score (nSPS) is 10.4. The van der Waals surface area contributed by atoms with E-state index < -0.39 is 5.56 Å². The minimum Gasteiger partial charge on any atom is -0.492 e. The largest absolute Gasteiger partial charge is 0.492 e. The van der Waals surface area contributed by atoms with Crippen molar-refractivity contribution in [3.8, 4) is 34.4 Å². The topological polar surface area (TPSA) is 80.0 Å². The SMILES string of the molecule is CCOc1cc(-c2cc(C)[nH]c(=O)c2C#N)cc(OCC)c1-n1cccc1. The molecule has 1 aromatic carbocycles. The quantitative estimate of drug-likeness (QED) is 0.722. The maximum absolute atomic E-state index is 12.2. The minimum atomic E-state index is -0.405. The van der Waals surface area contributed by atoms with E-state index in [1.807, 2.05) is 61.1 Å². The Morgan fingerprint density at radius 2 is 1.67 bits per heavy atom. The summed E-state index contributed by atoms with van der Waals surface area (Å²) in [5, 5.41) is 9.47. The van der Waals surface area contributed by atoms with Gasteiger partial charge in [0.1, 0.15) is 28.8 Å². The first kappa shape index (κ1) is 18.3. The molecule has 2 heterocycles. The molecule has 6 heteroatoms. The zero-order chi connectivity index (χ0) is 19.4. The minimum absolute atomic E-state index is 0.0687. The highest BCUT2D eigenvalue weighted by atomic mass is 16.5. The predicted molar refractivity (Wildman–Crippen MR) is 104 cm³/mol. The molecule has 0 bridgehead atoms. The Morgan fingerprint density at radius 1 is 1.07 bits per heavy atom. The molecule has 2 aromatic heterocycles. The molecule has 3 rings (SSSR count). The lowest BCUT2D eigenvalue weighted by atomic mass is 9.99. The third-order valence-electron chi connectivity index (χ3n) is 4.09. The number of nitrogens with one attached hydrogen (secondary N) is 1. The molecule has 0 fully saturated rings. The third-order valence-corrected chi connectivity index (χ3v) is 4.09. The molecule has 1 N–H and O–H groups in total. The number of H-pyrrole nitrogens is 1. The Hall–Kier alpha value is -3.46. The van der Waals surface area contributed by atoms with Crippen LogP contribution >= 0.6 is 0 Å². The van der Waals surface area contributed by atoms with Crippen LogP contribution in [-0.4, -0.2) is 22.8 Å². The molecule has 0 aliphatic carbocycles. The van der Waals surface area contributed by atoms with Gasteiger partial charge in [0, 0.05) is 23.7 Å². The van der Waals surface area contributed by atoms with Crippen molar-refractivity contribution >= 4 is 0 Å². The van der Waals surface area contributed by atoms with Gasteiger partial charge in [0.15, 0.2) is 0 Å². The Morgan fingerprint density at radius 3 is 2.19 bits per heavy atom. The van der Waals surface area contributed by atoms with Crippen molar-refractivity contribution in [1.82, 2.24) is 9.55 Å². The summed E-state index contributed by atoms with van der Waals surface area (Å²) in [7, 11) is 0. The van der Waals surface area contributed by atoms with Gasteiger partial charge in [-0.2, -0.15) is 5.26 Å². The predicted octanol–water partition coefficient (Wildman–Crippen LogP) is 3.81. The Balaban J connectivity index is 2.31. The lowest BCUT2D eigenvalue weighted by Gasteiger charge is -2.18. The first-order valence-electron chi connectivity index (χ1n) is 8.80. The Labute approximate surface area is 157 Å². The van der Waals surface area contributed by atoms with Crippen molar-refractivity contribution in [1.29, 1.82) is 5.26 Å². The molecular weight excluding hydrogens is 342 g/mol. The van der Waals surface area contributed by atoms with Crippen molar-refractivity contribution in [3.05, 3.63) is 64.3 Å². The molecule has 0 amide bonds. The zero-order valence-electron chi connectivity index (χ0n) is 15.6. The second kappa shape index (κ2) is 7.83. The highest BCUT2D eigenvalue weighted by molar-refractivity contribution is 5.76. The number of nitrogens with zero attached hydrogens (tertiary/aromatic N) is 2. The first-order valence-corrected chi connectivity index (χ1v) is 8.80. The molecular formula is C21H21N3O3. The van der Waals surface area contributed by atoms with Gasteiger partial charge in [0.2, 0.25) is 0 Å². The molecule has 0 saturated heterocycles. The van der Waals surface area contributed by atoms with Gasteiger partial charge in [-0.1, -0.05) is 0 Å². The summed E-state index contributed by atoms with van der Waals surface area (Å²) in [6.45, 7) is 6.55. The van der Waals surface area contributed by atoms with Gasteiger partial charge in [-0.3, -0.25) is 4.79 Å². The molecule has 0 spiro atoms. The molecule has 0 aliphatic heterocycles. The Kier molecular flexibility index (Phi) is 5.32. The molecule has 0 unspecified atom stereocenters. The maximum atomic E-state index is 12.2. The molecule has 138 valence electrons. The van der Waals surface area contributed by atoms with Gasteiger partial charge in [0.05, 0.1) is 13.2 Å². The van der Waals surface area contributed by atoms with E-state index in [0.717, 1.165) is 5.69 Å². The highest BCUT2D eigenvalue weighted by Crippen LogP contribution is 2.38. The number of aromatic nitrogens is 2. The van der Waals surface area contributed by atoms with Gasteiger partial charge >= 0.3 is 0 Å². The lowest BCUT2D eigenvalue weighted by molar-refractivity contribution is 0.321. The average molecular weight is 363 g/mol. The van der Waals surface area contributed by atoms with Crippen LogP contribution in [0.3, 0.4) is 0 Å². The fraction of sp³-hybridized carbons (Fsp3) is 0.238. The number of pyridine rings is 1. The summed E-state index contributed by atoms with van der Waals surface area (Å²) in [5.41, 5.74) is 2.38. The Bertz CT molecular complexity index is 1020. The summed E-state index contributed by atoms with van der Waals surface area (Å²) < 4.78 is 13.7. The van der Waals surface area contributed by atoms with Crippen molar-refractivity contribution in [2.45, 2.75) is 20.8 Å². The van der Waals surface area contributed by atoms with Crippen LogP contribution in [0.2, 0.25) is 0 Å². The van der Waals surface area contributed by atoms with Crippen LogP contribution in [0.25, 0.3) is 16.8 Å². The molecule has 3 aromatic rings. The van der Waals surface area contributed by atoms with Crippen LogP contribution < -0.4 is 15.0 Å². The van der Waals surface area contributed by atoms with Gasteiger partial charge in [-0.15, -0.1) is 0 Å². The number of hydrogen-bond acceptors (Lipinski definition) is 4. The second-order valence-corrected chi connectivity index (χ2v) is 5.96. The van der Waals surface area contributed by atoms with E-state index >= 15 is 0 Å². The number of rotatable bonds is 6. The smallest absolute Gasteiger partial charge is 0.266 e. The van der Waals surface area contributed by atoms with Crippen molar-refractivity contribution < 1.29 is 9.47 Å². The summed E-state index contributed by atoms with van der Waals surface area (Å²) in [4.78, 5) is 14.9. The van der Waals surface area contributed by atoms with Crippen LogP contribution in [0.1, 0.15) is 25.1 Å².